The van der Waals surface area contributed by atoms with Crippen molar-refractivity contribution in [1.82, 2.24) is 9.13 Å². The molecule has 0 unspecified atom stereocenters. The maximum Gasteiger partial charge on any atom is 0.416 e. The van der Waals surface area contributed by atoms with Crippen molar-refractivity contribution in [2.75, 3.05) is 0 Å². The van der Waals surface area contributed by atoms with Crippen LogP contribution in [0.25, 0.3) is 17.1 Å². The van der Waals surface area contributed by atoms with Gasteiger partial charge in [0.15, 0.2) is 0 Å². The number of carbonyl (C=O) groups excluding carboxylic acids is 1. The van der Waals surface area contributed by atoms with Gasteiger partial charge in [-0.1, -0.05) is 11.6 Å². The molecule has 3 aliphatic rings. The molecule has 1 amide bonds. The zero-order chi connectivity index (χ0) is 36.8. The van der Waals surface area contributed by atoms with Gasteiger partial charge in [0.25, 0.3) is 5.91 Å². The van der Waals surface area contributed by atoms with E-state index >= 15 is 0 Å². The van der Waals surface area contributed by atoms with Crippen LogP contribution in [-0.2, 0) is 18.0 Å². The maximum atomic E-state index is 14.4. The summed E-state index contributed by atoms with van der Waals surface area (Å²) in [6, 6.07) is -0.737. The summed E-state index contributed by atoms with van der Waals surface area (Å²) in [4.78, 5) is 19.7. The zero-order valence-corrected chi connectivity index (χ0v) is 24.1. The Morgan fingerprint density at radius 3 is 2.16 bits per heavy atom. The van der Waals surface area contributed by atoms with E-state index < -0.39 is 113 Å². The lowest BCUT2D eigenvalue weighted by molar-refractivity contribution is -0.452. The second-order valence-electron chi connectivity index (χ2n) is 10.3. The molecular formula is C27H16ClF6N5O10. The predicted molar refractivity (Wildman–Crippen MR) is 143 cm³/mol. The third-order valence-electron chi connectivity index (χ3n) is 7.11. The molecule has 0 fully saturated rings. The monoisotopic (exact) mass is 719 g/mol. The highest BCUT2D eigenvalue weighted by molar-refractivity contribution is 6.32. The van der Waals surface area contributed by atoms with E-state index in [1.807, 2.05) is 0 Å². The van der Waals surface area contributed by atoms with Crippen LogP contribution < -0.4 is 16.2 Å². The summed E-state index contributed by atoms with van der Waals surface area (Å²) in [5.74, 6) is -18.7. The fourth-order valence-corrected chi connectivity index (χ4v) is 5.07. The topological polar surface area (TPSA) is 258 Å². The first-order valence-electron chi connectivity index (χ1n) is 12.8. The molecule has 5 rings (SSSR count). The molecular weight excluding hydrogens is 704 g/mol. The summed E-state index contributed by atoms with van der Waals surface area (Å²) in [5.41, 5.74) is -8.71. The number of aromatic nitrogens is 2. The zero-order valence-electron chi connectivity index (χ0n) is 23.4. The van der Waals surface area contributed by atoms with Crippen molar-refractivity contribution in [3.05, 3.63) is 97.6 Å². The number of benzene rings is 3. The van der Waals surface area contributed by atoms with Crippen LogP contribution in [-0.4, -0.2) is 73.0 Å². The third kappa shape index (κ3) is 5.50. The van der Waals surface area contributed by atoms with Gasteiger partial charge >= 0.3 is 30.0 Å². The van der Waals surface area contributed by atoms with E-state index in [9.17, 15) is 82.4 Å². The third-order valence-corrected chi connectivity index (χ3v) is 7.44. The molecule has 0 aromatic heterocycles. The fraction of sp³-hybridized carbons (Fsp3) is 0.185. The van der Waals surface area contributed by atoms with Crippen molar-refractivity contribution < 1.29 is 77.1 Å². The Kier molecular flexibility index (Phi) is 8.00. The number of alkyl halides is 4. The number of carbonyl (C=O) groups is 1. The summed E-state index contributed by atoms with van der Waals surface area (Å²) in [7, 11) is 0. The fourth-order valence-electron chi connectivity index (χ4n) is 4.86. The van der Waals surface area contributed by atoms with Crippen LogP contribution in [0, 0.1) is 23.0 Å². The van der Waals surface area contributed by atoms with Crippen LogP contribution in [0.2, 0.25) is 5.02 Å². The molecule has 0 bridgehead atoms. The SMILES string of the molecule is N#Cc1c2n3c(n(C(O)(O)C(O)(O)F)c-2cc(=NC(=O)c2cc(F)cc(C(F)(F)F)c2)/c1=C(\O)c1cc(F)ccc1Cl)=NC(O)(O)C3(O)O. The van der Waals surface area contributed by atoms with E-state index in [2.05, 4.69) is 9.98 Å². The van der Waals surface area contributed by atoms with Crippen molar-refractivity contribution in [2.45, 2.75) is 30.0 Å². The number of nitriles is 1. The Hall–Kier alpha value is -4.89. The van der Waals surface area contributed by atoms with Gasteiger partial charge in [-0.15, -0.1) is 0 Å². The van der Waals surface area contributed by atoms with Crippen molar-refractivity contribution in [3.8, 4) is 17.5 Å². The molecule has 9 N–H and O–H groups in total. The first kappa shape index (κ1) is 35.4. The van der Waals surface area contributed by atoms with Crippen molar-refractivity contribution in [1.29, 1.82) is 5.26 Å². The van der Waals surface area contributed by atoms with Gasteiger partial charge in [0.1, 0.15) is 23.5 Å². The van der Waals surface area contributed by atoms with Gasteiger partial charge in [0.05, 0.1) is 38.1 Å². The Bertz CT molecular complexity index is 2290. The van der Waals surface area contributed by atoms with E-state index in [4.69, 9.17) is 11.6 Å². The van der Waals surface area contributed by atoms with Gasteiger partial charge in [-0.2, -0.15) is 27.8 Å². The van der Waals surface area contributed by atoms with Gasteiger partial charge in [-0.25, -0.2) is 22.9 Å². The van der Waals surface area contributed by atoms with E-state index in [0.29, 0.717) is 18.2 Å². The lowest BCUT2D eigenvalue weighted by Gasteiger charge is -2.30. The number of hydrogen-bond donors (Lipinski definition) is 9. The maximum absolute atomic E-state index is 14.4. The van der Waals surface area contributed by atoms with Gasteiger partial charge < -0.3 is 46.0 Å². The Balaban J connectivity index is 2.08. The molecule has 2 aromatic carbocycles. The predicted octanol–water partition coefficient (Wildman–Crippen LogP) is -1.26. The van der Waals surface area contributed by atoms with E-state index in [1.54, 1.807) is 0 Å². The van der Waals surface area contributed by atoms with E-state index in [0.717, 1.165) is 12.1 Å². The lowest BCUT2D eigenvalue weighted by atomic mass is 10.0. The Morgan fingerprint density at radius 2 is 1.59 bits per heavy atom. The minimum absolute atomic E-state index is 0.0240. The van der Waals surface area contributed by atoms with E-state index in [-0.39, 0.29) is 16.7 Å². The number of rotatable bonds is 4. The first-order valence-corrected chi connectivity index (χ1v) is 13.2. The molecule has 49 heavy (non-hydrogen) atoms. The highest BCUT2D eigenvalue weighted by Gasteiger charge is 2.61. The second-order valence-corrected chi connectivity index (χ2v) is 10.7. The summed E-state index contributed by atoms with van der Waals surface area (Å²) >= 11 is 6.07. The number of imidazole rings is 1. The lowest BCUT2D eigenvalue weighted by Crippen LogP contribution is -2.56. The van der Waals surface area contributed by atoms with Crippen LogP contribution in [0.4, 0.5) is 26.3 Å². The van der Waals surface area contributed by atoms with Crippen molar-refractivity contribution in [3.63, 3.8) is 0 Å². The smallest absolute Gasteiger partial charge is 0.416 e. The van der Waals surface area contributed by atoms with Crippen molar-refractivity contribution in [2.24, 2.45) is 9.98 Å². The van der Waals surface area contributed by atoms with Crippen LogP contribution in [0.15, 0.2) is 52.4 Å². The van der Waals surface area contributed by atoms with E-state index in [1.165, 1.54) is 6.07 Å². The molecule has 2 aliphatic heterocycles. The van der Waals surface area contributed by atoms with Crippen molar-refractivity contribution >= 4 is 23.3 Å². The molecule has 0 saturated heterocycles. The largest absolute Gasteiger partial charge is 0.507 e. The Labute approximate surface area is 269 Å². The van der Waals surface area contributed by atoms with Crippen LogP contribution in [0.3, 0.4) is 0 Å². The molecule has 1 aliphatic carbocycles. The van der Waals surface area contributed by atoms with Crippen LogP contribution in [0.5, 0.6) is 0 Å². The summed E-state index contributed by atoms with van der Waals surface area (Å²) in [6.07, 6.45) is -5.19. The number of fused-ring (bicyclic) bond motifs is 3. The number of aliphatic hydroxyl groups is 9. The Morgan fingerprint density at radius 1 is 0.959 bits per heavy atom. The minimum Gasteiger partial charge on any atom is -0.507 e. The highest BCUT2D eigenvalue weighted by atomic mass is 35.5. The minimum atomic E-state index is -5.19. The van der Waals surface area contributed by atoms with Gasteiger partial charge in [0, 0.05) is 11.1 Å². The normalized spacial score (nSPS) is 16.7. The standard InChI is InChI=1S/C27H16ClF6N5O10/c28-15-2-1-11(29)6-13(15)20(40)18-14(8-35)19-17(7-16(18)36-21(41)9-3-10(23(31,32)33)5-12(30)4-9)38(26(46,47)24(34,42)43)22-37-25(44,45)27(48,49)39(19)22/h1-7,40,42-49H/b20-18-,36-16?. The molecule has 2 aromatic rings. The van der Waals surface area contributed by atoms with Gasteiger partial charge in [-0.05, 0) is 42.5 Å². The summed E-state index contributed by atoms with van der Waals surface area (Å²) in [5, 5.41) is 101. The van der Waals surface area contributed by atoms with Gasteiger partial charge in [0.2, 0.25) is 5.62 Å². The van der Waals surface area contributed by atoms with Gasteiger partial charge in [-0.3, -0.25) is 4.79 Å². The highest BCUT2D eigenvalue weighted by Crippen LogP contribution is 2.38. The molecule has 22 heteroatoms. The molecule has 0 atom stereocenters. The average molecular weight is 720 g/mol. The van der Waals surface area contributed by atoms with Crippen LogP contribution in [0.1, 0.15) is 27.0 Å². The average Bonchev–Trinajstić information content (AvgIpc) is 3.38. The number of halogens is 7. The molecule has 0 saturated carbocycles. The number of hydrogen-bond acceptors (Lipinski definition) is 12. The van der Waals surface area contributed by atoms with Crippen LogP contribution >= 0.6 is 11.6 Å². The quantitative estimate of drug-likeness (QED) is 0.0889. The number of amides is 1. The molecule has 0 spiro atoms. The molecule has 0 radical (unpaired) electrons. The summed E-state index contributed by atoms with van der Waals surface area (Å²) < 4.78 is 82.2. The molecule has 2 heterocycles. The number of nitrogens with zero attached hydrogens (tertiary/aromatic N) is 5. The first-order chi connectivity index (χ1) is 22.3. The number of aliphatic hydroxyl groups excluding tert-OH is 1. The molecule has 15 nitrogen and oxygen atoms in total. The molecule has 258 valence electrons. The summed E-state index contributed by atoms with van der Waals surface area (Å²) in [6.45, 7) is 0. The second kappa shape index (κ2) is 11.1.